The number of aliphatic imine (C=N–C) groups is 1. The van der Waals surface area contributed by atoms with Crippen molar-refractivity contribution in [1.82, 2.24) is 0 Å². The van der Waals surface area contributed by atoms with Crippen molar-refractivity contribution < 1.29 is 24.9 Å². The lowest BCUT2D eigenvalue weighted by Crippen LogP contribution is -2.34. The lowest BCUT2D eigenvalue weighted by atomic mass is 10.0. The van der Waals surface area contributed by atoms with E-state index in [4.69, 9.17) is 21.4 Å². The Morgan fingerprint density at radius 3 is 2.66 bits per heavy atom. The molecule has 1 fully saturated rings. The molecule has 2 aromatic rings. The van der Waals surface area contributed by atoms with Gasteiger partial charge < -0.3 is 20.1 Å². The molecule has 0 aromatic heterocycles. The summed E-state index contributed by atoms with van der Waals surface area (Å²) in [5.74, 6) is 0.0708. The van der Waals surface area contributed by atoms with Gasteiger partial charge in [0.1, 0.15) is 29.8 Å². The highest BCUT2D eigenvalue weighted by molar-refractivity contribution is 8.16. The number of hydrogen-bond donors (Lipinski definition) is 3. The van der Waals surface area contributed by atoms with Crippen LogP contribution < -0.4 is 9.64 Å². The first-order valence-corrected chi connectivity index (χ1v) is 11.6. The van der Waals surface area contributed by atoms with Crippen molar-refractivity contribution in [2.24, 2.45) is 4.99 Å². The van der Waals surface area contributed by atoms with Crippen LogP contribution in [0.4, 0.5) is 5.69 Å². The van der Waals surface area contributed by atoms with Crippen LogP contribution in [0.15, 0.2) is 47.5 Å². The maximum Gasteiger partial charge on any atom is 0.249 e. The molecule has 2 unspecified atom stereocenters. The quantitative estimate of drug-likeness (QED) is 0.511. The van der Waals surface area contributed by atoms with Crippen LogP contribution in [-0.2, 0) is 4.79 Å². The van der Waals surface area contributed by atoms with E-state index in [9.17, 15) is 15.0 Å². The Kier molecular flexibility index (Phi) is 8.56. The van der Waals surface area contributed by atoms with E-state index < -0.39 is 24.1 Å². The van der Waals surface area contributed by atoms with Crippen LogP contribution in [0.1, 0.15) is 30.6 Å². The molecule has 0 bridgehead atoms. The topological polar surface area (TPSA) is 103 Å². The number of aryl methyl sites for hydroxylation is 1. The molecular formula is C23H27ClN2O5S. The predicted octanol–water partition coefficient (Wildman–Crippen LogP) is 3.33. The van der Waals surface area contributed by atoms with Crippen LogP contribution in [0.25, 0.3) is 0 Å². The first-order valence-electron chi connectivity index (χ1n) is 10.4. The second-order valence-corrected chi connectivity index (χ2v) is 8.96. The number of benzene rings is 2. The van der Waals surface area contributed by atoms with Gasteiger partial charge in [-0.25, -0.2) is 0 Å². The molecule has 0 spiro atoms. The largest absolute Gasteiger partial charge is 0.489 e. The fourth-order valence-corrected chi connectivity index (χ4v) is 4.64. The average Bonchev–Trinajstić information content (AvgIpc) is 3.12. The van der Waals surface area contributed by atoms with Gasteiger partial charge in [-0.05, 0) is 42.7 Å². The molecule has 32 heavy (non-hydrogen) atoms. The number of anilines is 1. The SMILES string of the molecule is CCCN=C1SC(C(O)c2ccc(OC[C@@H](O)CO)c(Cl)c2)C(=O)N1c1ccccc1C. The summed E-state index contributed by atoms with van der Waals surface area (Å²) < 4.78 is 5.40. The smallest absolute Gasteiger partial charge is 0.249 e. The third-order valence-electron chi connectivity index (χ3n) is 4.94. The maximum absolute atomic E-state index is 13.4. The fourth-order valence-electron chi connectivity index (χ4n) is 3.22. The number of ether oxygens (including phenoxy) is 1. The molecule has 7 nitrogen and oxygen atoms in total. The highest BCUT2D eigenvalue weighted by Gasteiger charge is 2.43. The second kappa shape index (κ2) is 11.2. The Morgan fingerprint density at radius 1 is 1.25 bits per heavy atom. The summed E-state index contributed by atoms with van der Waals surface area (Å²) in [7, 11) is 0. The van der Waals surface area contributed by atoms with Crippen molar-refractivity contribution in [3.63, 3.8) is 0 Å². The first-order chi connectivity index (χ1) is 15.4. The van der Waals surface area contributed by atoms with E-state index in [1.165, 1.54) is 11.8 Å². The fraction of sp³-hybridized carbons (Fsp3) is 0.391. The number of nitrogens with zero attached hydrogens (tertiary/aromatic N) is 2. The number of amides is 1. The molecule has 3 N–H and O–H groups in total. The highest BCUT2D eigenvalue weighted by Crippen LogP contribution is 2.40. The molecule has 0 radical (unpaired) electrons. The summed E-state index contributed by atoms with van der Waals surface area (Å²) in [6, 6.07) is 12.3. The molecule has 1 aliphatic heterocycles. The zero-order valence-electron chi connectivity index (χ0n) is 17.9. The average molecular weight is 479 g/mol. The molecule has 1 saturated heterocycles. The lowest BCUT2D eigenvalue weighted by molar-refractivity contribution is -0.118. The normalized spacial score (nSPS) is 19.4. The van der Waals surface area contributed by atoms with Gasteiger partial charge in [-0.3, -0.25) is 14.7 Å². The van der Waals surface area contributed by atoms with Gasteiger partial charge in [-0.2, -0.15) is 0 Å². The van der Waals surface area contributed by atoms with Gasteiger partial charge in [0.15, 0.2) is 5.17 Å². The Hall–Kier alpha value is -2.10. The number of thioether (sulfide) groups is 1. The predicted molar refractivity (Wildman–Crippen MR) is 128 cm³/mol. The minimum Gasteiger partial charge on any atom is -0.489 e. The van der Waals surface area contributed by atoms with Crippen molar-refractivity contribution in [2.45, 2.75) is 37.7 Å². The van der Waals surface area contributed by atoms with Crippen LogP contribution in [-0.4, -0.2) is 57.5 Å². The van der Waals surface area contributed by atoms with Crippen molar-refractivity contribution in [3.05, 3.63) is 58.6 Å². The van der Waals surface area contributed by atoms with E-state index in [0.29, 0.717) is 23.0 Å². The minimum atomic E-state index is -1.11. The number of carbonyl (C=O) groups is 1. The number of amidine groups is 1. The number of rotatable bonds is 9. The van der Waals surface area contributed by atoms with Crippen molar-refractivity contribution in [1.29, 1.82) is 0 Å². The van der Waals surface area contributed by atoms with Gasteiger partial charge in [-0.15, -0.1) is 0 Å². The van der Waals surface area contributed by atoms with E-state index in [2.05, 4.69) is 4.99 Å². The number of halogens is 1. The van der Waals surface area contributed by atoms with Gasteiger partial charge in [-0.1, -0.05) is 54.6 Å². The summed E-state index contributed by atoms with van der Waals surface area (Å²) in [5.41, 5.74) is 2.16. The minimum absolute atomic E-state index is 0.113. The van der Waals surface area contributed by atoms with Gasteiger partial charge in [0.05, 0.1) is 17.3 Å². The lowest BCUT2D eigenvalue weighted by Gasteiger charge is -2.20. The molecule has 0 aliphatic carbocycles. The van der Waals surface area contributed by atoms with E-state index >= 15 is 0 Å². The number of para-hydroxylation sites is 1. The second-order valence-electron chi connectivity index (χ2n) is 7.44. The van der Waals surface area contributed by atoms with E-state index in [1.54, 1.807) is 23.1 Å². The van der Waals surface area contributed by atoms with E-state index in [0.717, 1.165) is 17.7 Å². The molecule has 1 heterocycles. The molecule has 3 atom stereocenters. The van der Waals surface area contributed by atoms with Crippen molar-refractivity contribution in [3.8, 4) is 5.75 Å². The number of aliphatic hydroxyl groups excluding tert-OH is 3. The molecule has 1 amide bonds. The number of carbonyl (C=O) groups excluding carboxylic acids is 1. The van der Waals surface area contributed by atoms with Gasteiger partial charge >= 0.3 is 0 Å². The van der Waals surface area contributed by atoms with Crippen LogP contribution >= 0.6 is 23.4 Å². The molecule has 9 heteroatoms. The van der Waals surface area contributed by atoms with Crippen LogP contribution in [0, 0.1) is 6.92 Å². The van der Waals surface area contributed by atoms with E-state index in [-0.39, 0.29) is 17.5 Å². The van der Waals surface area contributed by atoms with Crippen molar-refractivity contribution >= 4 is 40.1 Å². The number of hydrogen-bond acceptors (Lipinski definition) is 7. The zero-order valence-corrected chi connectivity index (χ0v) is 19.5. The van der Waals surface area contributed by atoms with Crippen LogP contribution in [0.5, 0.6) is 5.75 Å². The Balaban J connectivity index is 1.85. The third kappa shape index (κ3) is 5.44. The molecular weight excluding hydrogens is 452 g/mol. The van der Waals surface area contributed by atoms with Crippen molar-refractivity contribution in [2.75, 3.05) is 24.7 Å². The highest BCUT2D eigenvalue weighted by atomic mass is 35.5. The molecule has 2 aromatic carbocycles. The van der Waals surface area contributed by atoms with Gasteiger partial charge in [0.2, 0.25) is 5.91 Å². The molecule has 1 aliphatic rings. The summed E-state index contributed by atoms with van der Waals surface area (Å²) in [4.78, 5) is 19.5. The van der Waals surface area contributed by atoms with Gasteiger partial charge in [0, 0.05) is 6.54 Å². The monoisotopic (exact) mass is 478 g/mol. The number of aliphatic hydroxyl groups is 3. The molecule has 172 valence electrons. The Labute approximate surface area is 196 Å². The summed E-state index contributed by atoms with van der Waals surface area (Å²) >= 11 is 7.52. The summed E-state index contributed by atoms with van der Waals surface area (Å²) in [6.07, 6.45) is -1.28. The molecule has 3 rings (SSSR count). The van der Waals surface area contributed by atoms with Crippen LogP contribution in [0.3, 0.4) is 0 Å². The third-order valence-corrected chi connectivity index (χ3v) is 6.47. The summed E-state index contributed by atoms with van der Waals surface area (Å²) in [5, 5.41) is 29.4. The summed E-state index contributed by atoms with van der Waals surface area (Å²) in [6.45, 7) is 3.99. The van der Waals surface area contributed by atoms with E-state index in [1.807, 2.05) is 38.1 Å². The molecule has 0 saturated carbocycles. The Morgan fingerprint density at radius 2 is 2.00 bits per heavy atom. The zero-order chi connectivity index (χ0) is 23.3. The first kappa shape index (κ1) is 24.5. The van der Waals surface area contributed by atoms with Crippen LogP contribution in [0.2, 0.25) is 5.02 Å². The Bertz CT molecular complexity index is 987. The maximum atomic E-state index is 13.4. The van der Waals surface area contributed by atoms with Gasteiger partial charge in [0.25, 0.3) is 0 Å². The standard InChI is InChI=1S/C23H27ClN2O5S/c1-3-10-25-23-26(18-7-5-4-6-14(18)2)22(30)21(32-23)20(29)15-8-9-19(17(24)11-15)31-13-16(28)12-27/h4-9,11,16,20-21,27-29H,3,10,12-13H2,1-2H3/t16-,20?,21?/m0/s1.